The molecule has 0 radical (unpaired) electrons. The second kappa shape index (κ2) is 6.97. The van der Waals surface area contributed by atoms with E-state index in [1.165, 1.54) is 11.1 Å². The maximum absolute atomic E-state index is 11.5. The Balaban J connectivity index is 2.03. The number of rotatable bonds is 5. The van der Waals surface area contributed by atoms with Crippen molar-refractivity contribution in [3.63, 3.8) is 0 Å². The van der Waals surface area contributed by atoms with Gasteiger partial charge in [-0.2, -0.15) is 0 Å². The van der Waals surface area contributed by atoms with Crippen LogP contribution < -0.4 is 15.4 Å². The predicted molar refractivity (Wildman–Crippen MR) is 78.7 cm³/mol. The molecule has 1 aliphatic rings. The number of benzene rings is 1. The Kier molecular flexibility index (Phi) is 5.03. The monoisotopic (exact) mass is 272 g/mol. The molecule has 0 heterocycles. The van der Waals surface area contributed by atoms with Gasteiger partial charge in [0.2, 0.25) is 0 Å². The van der Waals surface area contributed by atoms with Gasteiger partial charge in [-0.05, 0) is 42.5 Å². The highest BCUT2D eigenvalue weighted by atomic mass is 16.6. The van der Waals surface area contributed by atoms with Crippen LogP contribution in [0.4, 0.5) is 4.79 Å². The maximum Gasteiger partial charge on any atom is 0.412 e. The summed E-state index contributed by atoms with van der Waals surface area (Å²) >= 11 is 0. The summed E-state index contributed by atoms with van der Waals surface area (Å²) in [5.41, 5.74) is 2.47. The Hall–Kier alpha value is -1.99. The smallest absolute Gasteiger partial charge is 0.410 e. The molecule has 2 N–H and O–H groups in total. The van der Waals surface area contributed by atoms with Crippen LogP contribution in [-0.4, -0.2) is 19.2 Å². The lowest BCUT2D eigenvalue weighted by Crippen LogP contribution is -2.27. The standard InChI is InChI=1S/C16H20N2O2/c1-3-9-17-15-8-6-12-5-7-13(11-14(12)15)20-16(19)18-10-4-2/h1,5,7,11,15,17H,4,6,8-10H2,2H3,(H,18,19). The second-order valence-electron chi connectivity index (χ2n) is 4.85. The van der Waals surface area contributed by atoms with Crippen molar-refractivity contribution in [3.05, 3.63) is 29.3 Å². The minimum absolute atomic E-state index is 0.253. The third-order valence-corrected chi connectivity index (χ3v) is 3.38. The lowest BCUT2D eigenvalue weighted by molar-refractivity contribution is 0.200. The highest BCUT2D eigenvalue weighted by molar-refractivity contribution is 5.70. The highest BCUT2D eigenvalue weighted by Crippen LogP contribution is 2.33. The number of ether oxygens (including phenoxy) is 1. The zero-order valence-electron chi connectivity index (χ0n) is 11.7. The van der Waals surface area contributed by atoms with E-state index in [1.807, 2.05) is 25.1 Å². The largest absolute Gasteiger partial charge is 0.412 e. The molecule has 1 amide bonds. The first kappa shape index (κ1) is 14.4. The van der Waals surface area contributed by atoms with Crippen molar-refractivity contribution in [1.82, 2.24) is 10.6 Å². The van der Waals surface area contributed by atoms with Gasteiger partial charge in [-0.3, -0.25) is 5.32 Å². The van der Waals surface area contributed by atoms with Crippen LogP contribution in [0.25, 0.3) is 0 Å². The molecule has 0 saturated heterocycles. The van der Waals surface area contributed by atoms with Gasteiger partial charge >= 0.3 is 6.09 Å². The van der Waals surface area contributed by atoms with Crippen molar-refractivity contribution < 1.29 is 9.53 Å². The van der Waals surface area contributed by atoms with E-state index in [0.717, 1.165) is 19.3 Å². The SMILES string of the molecule is C#CCNC1CCc2ccc(OC(=O)NCCC)cc21. The fourth-order valence-electron chi connectivity index (χ4n) is 2.41. The van der Waals surface area contributed by atoms with Gasteiger partial charge in [-0.25, -0.2) is 4.79 Å². The molecular formula is C16H20N2O2. The van der Waals surface area contributed by atoms with Crippen LogP contribution in [0, 0.1) is 12.3 Å². The van der Waals surface area contributed by atoms with Gasteiger partial charge in [0.05, 0.1) is 6.54 Å². The number of hydrogen-bond donors (Lipinski definition) is 2. The second-order valence-corrected chi connectivity index (χ2v) is 4.85. The fraction of sp³-hybridized carbons (Fsp3) is 0.438. The molecule has 0 fully saturated rings. The number of fused-ring (bicyclic) bond motifs is 1. The molecule has 0 spiro atoms. The van der Waals surface area contributed by atoms with Gasteiger partial charge in [0.1, 0.15) is 5.75 Å². The van der Waals surface area contributed by atoms with E-state index in [4.69, 9.17) is 11.2 Å². The molecule has 4 heteroatoms. The molecule has 1 unspecified atom stereocenters. The lowest BCUT2D eigenvalue weighted by Gasteiger charge is -2.13. The first-order chi connectivity index (χ1) is 9.74. The number of aryl methyl sites for hydroxylation is 1. The van der Waals surface area contributed by atoms with E-state index in [-0.39, 0.29) is 6.04 Å². The normalized spacial score (nSPS) is 16.3. The number of hydrogen-bond acceptors (Lipinski definition) is 3. The molecule has 1 aromatic rings. The number of nitrogens with one attached hydrogen (secondary N) is 2. The van der Waals surface area contributed by atoms with Gasteiger partial charge in [0.15, 0.2) is 0 Å². The Morgan fingerprint density at radius 1 is 1.55 bits per heavy atom. The minimum atomic E-state index is -0.405. The lowest BCUT2D eigenvalue weighted by atomic mass is 10.1. The first-order valence-corrected chi connectivity index (χ1v) is 7.00. The van der Waals surface area contributed by atoms with Crippen LogP contribution in [0.1, 0.15) is 36.9 Å². The third kappa shape index (κ3) is 3.52. The molecule has 20 heavy (non-hydrogen) atoms. The summed E-state index contributed by atoms with van der Waals surface area (Å²) in [6, 6.07) is 6.05. The zero-order chi connectivity index (χ0) is 14.4. The van der Waals surface area contributed by atoms with Crippen molar-refractivity contribution in [2.75, 3.05) is 13.1 Å². The Morgan fingerprint density at radius 3 is 3.15 bits per heavy atom. The third-order valence-electron chi connectivity index (χ3n) is 3.38. The molecule has 106 valence electrons. The van der Waals surface area contributed by atoms with E-state index in [9.17, 15) is 4.79 Å². The molecule has 0 aromatic heterocycles. The molecule has 1 aliphatic carbocycles. The summed E-state index contributed by atoms with van der Waals surface area (Å²) in [5.74, 6) is 3.16. The van der Waals surface area contributed by atoms with Crippen molar-refractivity contribution in [3.8, 4) is 18.1 Å². The molecular weight excluding hydrogens is 252 g/mol. The molecule has 1 aromatic carbocycles. The molecule has 1 atom stereocenters. The van der Waals surface area contributed by atoms with Crippen molar-refractivity contribution in [1.29, 1.82) is 0 Å². The summed E-state index contributed by atoms with van der Waals surface area (Å²) in [6.07, 6.45) is 7.82. The van der Waals surface area contributed by atoms with Crippen LogP contribution in [0.15, 0.2) is 18.2 Å². The average Bonchev–Trinajstić information content (AvgIpc) is 2.85. The van der Waals surface area contributed by atoms with Gasteiger partial charge in [-0.15, -0.1) is 6.42 Å². The number of carbonyl (C=O) groups excluding carboxylic acids is 1. The van der Waals surface area contributed by atoms with E-state index in [0.29, 0.717) is 18.8 Å². The summed E-state index contributed by atoms with van der Waals surface area (Å²) in [6.45, 7) is 3.17. The Morgan fingerprint density at radius 2 is 2.40 bits per heavy atom. The quantitative estimate of drug-likeness (QED) is 0.809. The zero-order valence-corrected chi connectivity index (χ0v) is 11.7. The first-order valence-electron chi connectivity index (χ1n) is 7.00. The molecule has 2 rings (SSSR count). The maximum atomic E-state index is 11.5. The topological polar surface area (TPSA) is 50.4 Å². The molecule has 0 bridgehead atoms. The molecule has 0 aliphatic heterocycles. The minimum Gasteiger partial charge on any atom is -0.410 e. The van der Waals surface area contributed by atoms with Crippen LogP contribution in [-0.2, 0) is 6.42 Å². The van der Waals surface area contributed by atoms with Crippen molar-refractivity contribution in [2.45, 2.75) is 32.2 Å². The van der Waals surface area contributed by atoms with E-state index in [2.05, 4.69) is 16.6 Å². The van der Waals surface area contributed by atoms with Crippen LogP contribution in [0.5, 0.6) is 5.75 Å². The van der Waals surface area contributed by atoms with Gasteiger partial charge in [-0.1, -0.05) is 18.9 Å². The number of carbonyl (C=O) groups is 1. The Bertz CT molecular complexity index is 520. The number of terminal acetylenes is 1. The van der Waals surface area contributed by atoms with E-state index < -0.39 is 6.09 Å². The fourth-order valence-corrected chi connectivity index (χ4v) is 2.41. The molecule has 4 nitrogen and oxygen atoms in total. The summed E-state index contributed by atoms with van der Waals surface area (Å²) < 4.78 is 5.28. The van der Waals surface area contributed by atoms with Crippen LogP contribution in [0.3, 0.4) is 0 Å². The van der Waals surface area contributed by atoms with Crippen molar-refractivity contribution >= 4 is 6.09 Å². The van der Waals surface area contributed by atoms with Crippen LogP contribution in [0.2, 0.25) is 0 Å². The highest BCUT2D eigenvalue weighted by Gasteiger charge is 2.22. The summed E-state index contributed by atoms with van der Waals surface area (Å²) in [4.78, 5) is 11.5. The Labute approximate surface area is 119 Å². The van der Waals surface area contributed by atoms with Crippen molar-refractivity contribution in [2.24, 2.45) is 0 Å². The molecule has 0 saturated carbocycles. The van der Waals surface area contributed by atoms with Gasteiger partial charge in [0.25, 0.3) is 0 Å². The van der Waals surface area contributed by atoms with Gasteiger partial charge in [0, 0.05) is 12.6 Å². The average molecular weight is 272 g/mol. The summed E-state index contributed by atoms with van der Waals surface area (Å²) in [7, 11) is 0. The van der Waals surface area contributed by atoms with E-state index in [1.54, 1.807) is 0 Å². The van der Waals surface area contributed by atoms with Crippen LogP contribution >= 0.6 is 0 Å². The van der Waals surface area contributed by atoms with Gasteiger partial charge < -0.3 is 10.1 Å². The number of amides is 1. The summed E-state index contributed by atoms with van der Waals surface area (Å²) in [5, 5.41) is 6.00. The predicted octanol–water partition coefficient (Wildman–Crippen LogP) is 2.40. The van der Waals surface area contributed by atoms with E-state index >= 15 is 0 Å².